The predicted molar refractivity (Wildman–Crippen MR) is 87.7 cm³/mol. The van der Waals surface area contributed by atoms with Gasteiger partial charge in [-0.05, 0) is 0 Å². The second-order valence-corrected chi connectivity index (χ2v) is 3.57. The molecule has 0 aliphatic heterocycles. The van der Waals surface area contributed by atoms with Gasteiger partial charge in [0.15, 0.2) is 0 Å². The van der Waals surface area contributed by atoms with E-state index in [1.165, 1.54) is 0 Å². The van der Waals surface area contributed by atoms with Crippen molar-refractivity contribution in [3.8, 4) is 0 Å². The zero-order valence-electron chi connectivity index (χ0n) is 13.7. The number of rotatable bonds is 0. The maximum atomic E-state index is 7.50. The number of benzene rings is 2. The Hall–Kier alpha value is -1.64. The average Bonchev–Trinajstić information content (AvgIpc) is 2.78. The molecule has 148 valence electrons. The van der Waals surface area contributed by atoms with Gasteiger partial charge in [0.25, 0.3) is 0 Å². The van der Waals surface area contributed by atoms with Gasteiger partial charge < -0.3 is 25.3 Å². The van der Waals surface area contributed by atoms with Crippen LogP contribution < -0.4 is 0 Å². The van der Waals surface area contributed by atoms with Crippen molar-refractivity contribution in [1.82, 2.24) is 0 Å². The summed E-state index contributed by atoms with van der Waals surface area (Å²) >= 11 is 9.62. The molecule has 0 saturated heterocycles. The third-order valence-electron chi connectivity index (χ3n) is 1.49. The van der Waals surface area contributed by atoms with Crippen LogP contribution in [0.15, 0.2) is 70.5 Å². The van der Waals surface area contributed by atoms with E-state index in [9.17, 15) is 0 Å². The van der Waals surface area contributed by atoms with Gasteiger partial charge in [-0.15, -0.1) is 0 Å². The van der Waals surface area contributed by atoms with Crippen LogP contribution in [0.2, 0.25) is 0 Å². The topological polar surface area (TPSA) is 119 Å². The normalized spacial score (nSPS) is 4.71. The zero-order chi connectivity index (χ0) is 22.2. The van der Waals surface area contributed by atoms with Gasteiger partial charge in [-0.25, -0.2) is 0 Å². The van der Waals surface area contributed by atoms with E-state index in [4.69, 9.17) is 53.2 Å². The van der Waals surface area contributed by atoms with E-state index in [1.807, 2.05) is 60.7 Å². The molecule has 28 heavy (non-hydrogen) atoms. The Balaban J connectivity index is -0.0000000299. The third kappa shape index (κ3) is 64.5. The Morgan fingerprint density at radius 1 is 0.393 bits per heavy atom. The molecule has 0 aliphatic carbocycles. The molecule has 6 nitrogen and oxygen atoms in total. The fourth-order valence-electron chi connectivity index (χ4n) is 0.841. The van der Waals surface area contributed by atoms with E-state index in [0.29, 0.717) is 0 Å². The Labute approximate surface area is 197 Å². The van der Waals surface area contributed by atoms with E-state index >= 15 is 0 Å². The minimum atomic E-state index is 0. The molecule has 0 heterocycles. The molecule has 2 aromatic rings. The van der Waals surface area contributed by atoms with Gasteiger partial charge in [-0.2, -0.15) is 9.79 Å². The van der Waals surface area contributed by atoms with Crippen molar-refractivity contribution in [2.45, 2.75) is 9.79 Å². The monoisotopic (exact) mass is 498 g/mol. The molecule has 2 rings (SSSR count). The third-order valence-corrected chi connectivity index (χ3v) is 2.03. The standard InChI is InChI=1S/2C6H6S.6CO.2Fe/c2*7-6-4-2-1-3-5-6;6*1-2;;/h2*1-5,7H;;;;;;;;/p-2. The maximum absolute atomic E-state index is 7.50. The van der Waals surface area contributed by atoms with Crippen LogP contribution in [0, 0.1) is 39.9 Å². The molecule has 0 aliphatic rings. The molecule has 0 bridgehead atoms. The first-order valence-corrected chi connectivity index (χ1v) is 6.27. The Morgan fingerprint density at radius 3 is 0.607 bits per heavy atom. The molecule has 0 N–H and O–H groups in total. The van der Waals surface area contributed by atoms with Crippen LogP contribution in [0.25, 0.3) is 0 Å². The summed E-state index contributed by atoms with van der Waals surface area (Å²) in [5.41, 5.74) is 0. The summed E-state index contributed by atoms with van der Waals surface area (Å²) in [5.74, 6) is 0. The van der Waals surface area contributed by atoms with Crippen molar-refractivity contribution >= 4 is 25.3 Å². The molecule has 0 radical (unpaired) electrons. The van der Waals surface area contributed by atoms with Gasteiger partial charge in [0.05, 0.1) is 0 Å². The molecule has 10 heteroatoms. The molecular formula is C18H10Fe2O6S2-2. The molecule has 0 spiro atoms. The zero-order valence-corrected chi connectivity index (χ0v) is 17.6. The largest absolute Gasteiger partial charge is 0.780 e. The van der Waals surface area contributed by atoms with E-state index < -0.39 is 0 Å². The molecule has 0 saturated carbocycles. The summed E-state index contributed by atoms with van der Waals surface area (Å²) in [6, 6.07) is 19.2. The van der Waals surface area contributed by atoms with Crippen LogP contribution in [0.5, 0.6) is 0 Å². The second-order valence-electron chi connectivity index (χ2n) is 2.63. The van der Waals surface area contributed by atoms with Crippen molar-refractivity contribution in [2.24, 2.45) is 0 Å². The van der Waals surface area contributed by atoms with Crippen molar-refractivity contribution < 1.29 is 62.1 Å². The summed E-state index contributed by atoms with van der Waals surface area (Å²) < 4.78 is 45.0. The first kappa shape index (κ1) is 50.3. The molecule has 0 fully saturated rings. The fraction of sp³-hybridized carbons (Fsp3) is 0. The minimum absolute atomic E-state index is 0. The number of hydrogen-bond donors (Lipinski definition) is 0. The second kappa shape index (κ2) is 73.0. The van der Waals surface area contributed by atoms with Gasteiger partial charge >= 0.3 is 67.8 Å². The van der Waals surface area contributed by atoms with E-state index in [0.717, 1.165) is 9.79 Å². The van der Waals surface area contributed by atoms with Crippen LogP contribution in [0.1, 0.15) is 0 Å². The Kier molecular flexibility index (Phi) is 131. The fourth-order valence-corrected chi connectivity index (χ4v) is 1.16. The number of hydrogen-bond acceptors (Lipinski definition) is 2. The predicted octanol–water partition coefficient (Wildman–Crippen LogP) is 2.95. The molecule has 0 aromatic heterocycles. The quantitative estimate of drug-likeness (QED) is 0.240. The summed E-state index contributed by atoms with van der Waals surface area (Å²) in [6.07, 6.45) is 0. The molecule has 0 atom stereocenters. The van der Waals surface area contributed by atoms with Crippen molar-refractivity contribution in [3.63, 3.8) is 0 Å². The van der Waals surface area contributed by atoms with Gasteiger partial charge in [0.2, 0.25) is 0 Å². The summed E-state index contributed by atoms with van der Waals surface area (Å²) in [4.78, 5) is 1.81. The van der Waals surface area contributed by atoms with Crippen LogP contribution in [0.3, 0.4) is 0 Å². The first-order chi connectivity index (χ1) is 12.8. The Bertz CT molecular complexity index is 513. The maximum Gasteiger partial charge on any atom is 0 e. The average molecular weight is 498 g/mol. The van der Waals surface area contributed by atoms with Crippen LogP contribution in [-0.4, -0.2) is 0 Å². The molecule has 0 unspecified atom stereocenters. The van der Waals surface area contributed by atoms with Crippen molar-refractivity contribution in [2.75, 3.05) is 0 Å². The van der Waals surface area contributed by atoms with E-state index in [1.54, 1.807) is 0 Å². The van der Waals surface area contributed by atoms with Crippen LogP contribution in [0.4, 0.5) is 0 Å². The van der Waals surface area contributed by atoms with Crippen LogP contribution in [-0.2, 0) is 87.3 Å². The van der Waals surface area contributed by atoms with E-state index in [-0.39, 0.29) is 34.1 Å². The first-order valence-electron chi connectivity index (χ1n) is 5.45. The van der Waals surface area contributed by atoms with Gasteiger partial charge in [0, 0.05) is 34.1 Å². The SMILES string of the molecule is [C-]#[O+].[C-]#[O+].[C-]#[O+].[C-]#[O+].[C-]#[O+].[C-]#[O+].[Fe].[Fe].[S-]c1ccccc1.[S-]c1ccccc1. The van der Waals surface area contributed by atoms with Crippen molar-refractivity contribution in [1.29, 1.82) is 0 Å². The van der Waals surface area contributed by atoms with Crippen LogP contribution >= 0.6 is 0 Å². The molecule has 2 aromatic carbocycles. The molecule has 0 amide bonds. The van der Waals surface area contributed by atoms with Gasteiger partial charge in [0.1, 0.15) is 0 Å². The van der Waals surface area contributed by atoms with Gasteiger partial charge in [-0.1, -0.05) is 60.7 Å². The minimum Gasteiger partial charge on any atom is -0.780 e. The smallest absolute Gasteiger partial charge is 0 e. The Morgan fingerprint density at radius 2 is 0.536 bits per heavy atom. The summed E-state index contributed by atoms with van der Waals surface area (Å²) in [6.45, 7) is 27.0. The molecular weight excluding hydrogens is 488 g/mol. The summed E-state index contributed by atoms with van der Waals surface area (Å²) in [5, 5.41) is 0. The summed E-state index contributed by atoms with van der Waals surface area (Å²) in [7, 11) is 0. The van der Waals surface area contributed by atoms with E-state index in [2.05, 4.69) is 39.9 Å². The van der Waals surface area contributed by atoms with Gasteiger partial charge in [-0.3, -0.25) is 0 Å². The van der Waals surface area contributed by atoms with Crippen molar-refractivity contribution in [3.05, 3.63) is 101 Å².